The molecule has 2 nitrogen and oxygen atoms in total. The molecule has 4 rings (SSSR count). The molecular formula is C35H49FO2. The molecule has 3 heteroatoms. The predicted octanol–water partition coefficient (Wildman–Crippen LogP) is 10.1. The summed E-state index contributed by atoms with van der Waals surface area (Å²) in [7, 11) is 0. The number of hydrogen-bond donors (Lipinski definition) is 1. The van der Waals surface area contributed by atoms with Gasteiger partial charge in [-0.05, 0) is 103 Å². The van der Waals surface area contributed by atoms with Crippen molar-refractivity contribution in [2.75, 3.05) is 6.67 Å². The van der Waals surface area contributed by atoms with E-state index in [4.69, 9.17) is 0 Å². The number of hydrogen-bond acceptors (Lipinski definition) is 1. The fourth-order valence-electron chi connectivity index (χ4n) is 6.15. The number of allylic oxidation sites excluding steroid dienone is 1. The lowest BCUT2D eigenvalue weighted by Gasteiger charge is -2.30. The first-order chi connectivity index (χ1) is 18.4. The highest BCUT2D eigenvalue weighted by Gasteiger charge is 2.27. The third-order valence-electron chi connectivity index (χ3n) is 8.75. The molecule has 2 aromatic rings. The first-order valence-electron chi connectivity index (χ1n) is 15.2. The van der Waals surface area contributed by atoms with E-state index in [1.165, 1.54) is 66.4 Å². The molecule has 1 fully saturated rings. The minimum atomic E-state index is -0.833. The Morgan fingerprint density at radius 3 is 2.21 bits per heavy atom. The van der Waals surface area contributed by atoms with Gasteiger partial charge in [0.25, 0.3) is 0 Å². The Labute approximate surface area is 230 Å². The van der Waals surface area contributed by atoms with Gasteiger partial charge >= 0.3 is 5.97 Å². The molecule has 0 aromatic heterocycles. The number of carboxylic acids is 1. The number of aryl methyl sites for hydroxylation is 1. The molecule has 0 atom stereocenters. The molecule has 0 radical (unpaired) electrons. The number of halogens is 1. The van der Waals surface area contributed by atoms with Crippen LogP contribution in [0.5, 0.6) is 0 Å². The van der Waals surface area contributed by atoms with E-state index in [2.05, 4.69) is 51.1 Å². The third-order valence-corrected chi connectivity index (χ3v) is 8.75. The summed E-state index contributed by atoms with van der Waals surface area (Å²) in [6, 6.07) is 15.1. The number of carboxylic acid groups (broad SMARTS) is 1. The van der Waals surface area contributed by atoms with Gasteiger partial charge in [-0.1, -0.05) is 95.7 Å². The van der Waals surface area contributed by atoms with Crippen LogP contribution in [0.25, 0.3) is 5.57 Å². The second kappa shape index (κ2) is 15.2. The van der Waals surface area contributed by atoms with Crippen molar-refractivity contribution in [1.29, 1.82) is 0 Å². The zero-order valence-corrected chi connectivity index (χ0v) is 24.2. The Morgan fingerprint density at radius 1 is 0.974 bits per heavy atom. The molecule has 208 valence electrons. The lowest BCUT2D eigenvalue weighted by Crippen LogP contribution is -2.15. The second-order valence-electron chi connectivity index (χ2n) is 11.5. The van der Waals surface area contributed by atoms with Crippen LogP contribution in [-0.2, 0) is 12.8 Å². The molecule has 2 aromatic carbocycles. The van der Waals surface area contributed by atoms with Crippen molar-refractivity contribution in [3.63, 3.8) is 0 Å². The molecular weight excluding hydrogens is 471 g/mol. The maximum absolute atomic E-state index is 11.6. The van der Waals surface area contributed by atoms with Gasteiger partial charge in [-0.25, -0.2) is 4.79 Å². The largest absolute Gasteiger partial charge is 0.478 e. The minimum absolute atomic E-state index is 0.156. The Bertz CT molecular complexity index is 1040. The van der Waals surface area contributed by atoms with Crippen molar-refractivity contribution in [3.8, 4) is 0 Å². The summed E-state index contributed by atoms with van der Waals surface area (Å²) in [5, 5.41) is 9.55. The highest BCUT2D eigenvalue weighted by atomic mass is 19.1. The molecule has 38 heavy (non-hydrogen) atoms. The number of rotatable bonds is 9. The van der Waals surface area contributed by atoms with Gasteiger partial charge in [-0.2, -0.15) is 0 Å². The summed E-state index contributed by atoms with van der Waals surface area (Å²) in [5.74, 6) is 1.42. The van der Waals surface area contributed by atoms with Crippen LogP contribution in [0.4, 0.5) is 4.39 Å². The maximum atomic E-state index is 11.6. The van der Waals surface area contributed by atoms with Crippen LogP contribution in [0.15, 0.2) is 48.0 Å². The second-order valence-corrected chi connectivity index (χ2v) is 11.5. The van der Waals surface area contributed by atoms with Gasteiger partial charge < -0.3 is 5.11 Å². The molecule has 0 bridgehead atoms. The molecule has 0 saturated heterocycles. The normalized spacial score (nSPS) is 19.4. The van der Waals surface area contributed by atoms with Gasteiger partial charge in [-0.3, -0.25) is 4.39 Å². The summed E-state index contributed by atoms with van der Waals surface area (Å²) in [6.45, 7) is 8.78. The molecule has 2 aliphatic carbocycles. The maximum Gasteiger partial charge on any atom is 0.335 e. The fraction of sp³-hybridized carbons (Fsp3) is 0.571. The van der Waals surface area contributed by atoms with E-state index >= 15 is 0 Å². The van der Waals surface area contributed by atoms with Gasteiger partial charge in [0.05, 0.1) is 12.2 Å². The van der Waals surface area contributed by atoms with Crippen molar-refractivity contribution in [2.45, 2.75) is 105 Å². The molecule has 0 unspecified atom stereocenters. The van der Waals surface area contributed by atoms with Crippen molar-refractivity contribution in [3.05, 3.63) is 75.9 Å². The number of carbonyl (C=O) groups is 1. The van der Waals surface area contributed by atoms with E-state index in [9.17, 15) is 14.3 Å². The summed E-state index contributed by atoms with van der Waals surface area (Å²) in [4.78, 5) is 11.6. The summed E-state index contributed by atoms with van der Waals surface area (Å²) in [5.41, 5.74) is 8.62. The van der Waals surface area contributed by atoms with Gasteiger partial charge in [0.2, 0.25) is 0 Å². The molecule has 0 amide bonds. The van der Waals surface area contributed by atoms with Crippen molar-refractivity contribution in [1.82, 2.24) is 0 Å². The first kappa shape index (κ1) is 30.1. The zero-order valence-electron chi connectivity index (χ0n) is 24.2. The molecule has 2 aliphatic rings. The minimum Gasteiger partial charge on any atom is -0.478 e. The van der Waals surface area contributed by atoms with Crippen molar-refractivity contribution < 1.29 is 14.3 Å². The fourth-order valence-corrected chi connectivity index (χ4v) is 6.15. The van der Waals surface area contributed by atoms with Crippen LogP contribution in [0.3, 0.4) is 0 Å². The van der Waals surface area contributed by atoms with Crippen LogP contribution < -0.4 is 0 Å². The predicted molar refractivity (Wildman–Crippen MR) is 159 cm³/mol. The van der Waals surface area contributed by atoms with Crippen molar-refractivity contribution >= 4 is 11.5 Å². The number of unbranched alkanes of at least 4 members (excludes halogenated alkanes) is 1. The monoisotopic (exact) mass is 520 g/mol. The van der Waals surface area contributed by atoms with Crippen LogP contribution in [0.1, 0.15) is 125 Å². The topological polar surface area (TPSA) is 37.3 Å². The van der Waals surface area contributed by atoms with Crippen LogP contribution >= 0.6 is 0 Å². The Kier molecular flexibility index (Phi) is 12.1. The van der Waals surface area contributed by atoms with E-state index in [-0.39, 0.29) is 6.67 Å². The smallest absolute Gasteiger partial charge is 0.335 e. The number of aromatic carboxylic acids is 1. The van der Waals surface area contributed by atoms with Gasteiger partial charge in [0.15, 0.2) is 0 Å². The summed E-state index contributed by atoms with van der Waals surface area (Å²) in [6.07, 6.45) is 13.7. The summed E-state index contributed by atoms with van der Waals surface area (Å²) >= 11 is 0. The highest BCUT2D eigenvalue weighted by molar-refractivity contribution is 5.90. The number of fused-ring (bicyclic) bond motifs is 1. The van der Waals surface area contributed by atoms with Crippen molar-refractivity contribution in [2.24, 2.45) is 17.8 Å². The molecule has 0 heterocycles. The number of benzene rings is 2. The average Bonchev–Trinajstić information content (AvgIpc) is 3.12. The molecule has 1 N–H and O–H groups in total. The highest BCUT2D eigenvalue weighted by Crippen LogP contribution is 2.43. The average molecular weight is 521 g/mol. The molecule has 0 spiro atoms. The standard InChI is InChI=1S/C31H40O2.C4H9F/c1-4-22(5-2)19-23-11-15-25(16-12-23)30-28(24-13-9-21(3)10-14-24)8-6-7-26-20-27(31(32)33)17-18-29(26)30;1-2-3-4-5/h11-12,15-18,20-22,24H,4-10,13-14,19H2,1-3H3,(H,32,33);2-4H2,1H3. The first-order valence-corrected chi connectivity index (χ1v) is 15.2. The van der Waals surface area contributed by atoms with E-state index in [1.807, 2.05) is 13.0 Å². The lowest BCUT2D eigenvalue weighted by molar-refractivity contribution is 0.0696. The van der Waals surface area contributed by atoms with E-state index < -0.39 is 5.97 Å². The van der Waals surface area contributed by atoms with Gasteiger partial charge in [0.1, 0.15) is 0 Å². The number of alkyl halides is 1. The SMILES string of the molecule is CCC(CC)Cc1ccc(C2=C(C3CCC(C)CC3)CCCc3cc(C(=O)O)ccc32)cc1.CCCCF. The Balaban J connectivity index is 0.000000732. The molecule has 1 saturated carbocycles. The quantitative estimate of drug-likeness (QED) is 0.357. The van der Waals surface area contributed by atoms with Crippen LogP contribution in [0, 0.1) is 17.8 Å². The van der Waals surface area contributed by atoms with Crippen LogP contribution in [0.2, 0.25) is 0 Å². The summed E-state index contributed by atoms with van der Waals surface area (Å²) < 4.78 is 11.0. The van der Waals surface area contributed by atoms with E-state index in [1.54, 1.807) is 11.6 Å². The lowest BCUT2D eigenvalue weighted by atomic mass is 9.75. The Hall–Kier alpha value is -2.42. The van der Waals surface area contributed by atoms with Gasteiger partial charge in [-0.15, -0.1) is 0 Å². The van der Waals surface area contributed by atoms with E-state index in [0.29, 0.717) is 11.5 Å². The Morgan fingerprint density at radius 2 is 1.66 bits per heavy atom. The zero-order chi connectivity index (χ0) is 27.5. The molecule has 0 aliphatic heterocycles. The van der Waals surface area contributed by atoms with E-state index in [0.717, 1.165) is 50.4 Å². The van der Waals surface area contributed by atoms with Crippen LogP contribution in [-0.4, -0.2) is 17.8 Å². The van der Waals surface area contributed by atoms with Gasteiger partial charge in [0, 0.05) is 0 Å². The third kappa shape index (κ3) is 8.04.